The Balaban J connectivity index is 0.000000305. The summed E-state index contributed by atoms with van der Waals surface area (Å²) in [6.45, 7) is -0.554. The predicted molar refractivity (Wildman–Crippen MR) is 106 cm³/mol. The van der Waals surface area contributed by atoms with Gasteiger partial charge in [-0.1, -0.05) is 0 Å². The summed E-state index contributed by atoms with van der Waals surface area (Å²) in [5, 5.41) is 28.9. The normalized spacial score (nSPS) is 23.2. The Morgan fingerprint density at radius 2 is 1.88 bits per heavy atom. The fraction of sp³-hybridized carbons (Fsp3) is 0.357. The highest BCUT2D eigenvalue weighted by molar-refractivity contribution is 7.50. The van der Waals surface area contributed by atoms with Crippen LogP contribution in [0.25, 0.3) is 11.2 Å². The van der Waals surface area contributed by atoms with Crippen LogP contribution in [0.3, 0.4) is 0 Å². The molecule has 32 heavy (non-hydrogen) atoms. The van der Waals surface area contributed by atoms with Crippen molar-refractivity contribution in [3.63, 3.8) is 0 Å². The van der Waals surface area contributed by atoms with E-state index in [4.69, 9.17) is 31.1 Å². The lowest BCUT2D eigenvalue weighted by Gasteiger charge is -2.17. The lowest BCUT2D eigenvalue weighted by atomic mass is 10.1. The summed E-state index contributed by atoms with van der Waals surface area (Å²) in [6.07, 6.45) is -2.72. The molecular formula is C14H19N8O9P. The van der Waals surface area contributed by atoms with E-state index in [2.05, 4.69) is 19.9 Å². The maximum Gasteiger partial charge on any atom is 0.439 e. The van der Waals surface area contributed by atoms with Crippen molar-refractivity contribution in [1.29, 1.82) is 0 Å². The summed E-state index contributed by atoms with van der Waals surface area (Å²) < 4.78 is 17.7. The van der Waals surface area contributed by atoms with Crippen LogP contribution in [0.15, 0.2) is 28.2 Å². The molecule has 4 rings (SSSR count). The Bertz CT molecular complexity index is 1280. The van der Waals surface area contributed by atoms with Crippen LogP contribution in [0.1, 0.15) is 6.23 Å². The summed E-state index contributed by atoms with van der Waals surface area (Å²) in [7, 11) is -5.04. The third-order valence-corrected chi connectivity index (χ3v) is 5.26. The number of nitrogens with one attached hydrogen (secondary N) is 1. The Morgan fingerprint density at radius 3 is 2.38 bits per heavy atom. The number of H-pyrrole nitrogens is 1. The number of aliphatic hydroxyl groups excluding tert-OH is 3. The van der Waals surface area contributed by atoms with Crippen molar-refractivity contribution < 1.29 is 34.4 Å². The van der Waals surface area contributed by atoms with Crippen molar-refractivity contribution >= 4 is 30.7 Å². The molecule has 3 aromatic heterocycles. The van der Waals surface area contributed by atoms with Crippen molar-refractivity contribution in [3.8, 4) is 0 Å². The standard InChI is InChI=1S/C10H14N5O8P.C4H5N3O/c11-10-13-7-4(8(19)15(10)24(20,21)22)12-2-14(7)9-6(18)5(17)3(1-16)23-9;5-3-1-2-6-4(8)7-3/h2-3,5-6,9,16-18H,1H2,(H2,11,13)(H2,20,21,22);1-2H,(H3,5,6,7,8)/t3-,5-,6-,9-;/m1./s1. The molecule has 1 aliphatic heterocycles. The third kappa shape index (κ3) is 4.39. The monoisotopic (exact) mass is 474 g/mol. The molecule has 17 nitrogen and oxygen atoms in total. The number of nitrogens with two attached hydrogens (primary N) is 2. The predicted octanol–water partition coefficient (Wildman–Crippen LogP) is -3.92. The van der Waals surface area contributed by atoms with Crippen LogP contribution in [0, 0.1) is 0 Å². The van der Waals surface area contributed by atoms with Crippen LogP contribution >= 0.6 is 7.75 Å². The van der Waals surface area contributed by atoms with Gasteiger partial charge in [0.05, 0.1) is 12.9 Å². The van der Waals surface area contributed by atoms with E-state index in [1.54, 1.807) is 0 Å². The number of aliphatic hydroxyl groups is 3. The van der Waals surface area contributed by atoms with Crippen LogP contribution in [0.2, 0.25) is 0 Å². The minimum atomic E-state index is -5.04. The number of anilines is 2. The molecule has 0 amide bonds. The summed E-state index contributed by atoms with van der Waals surface area (Å²) in [4.78, 5) is 53.8. The molecule has 174 valence electrons. The van der Waals surface area contributed by atoms with Crippen LogP contribution in [-0.4, -0.2) is 78.9 Å². The molecule has 3 aromatic rings. The van der Waals surface area contributed by atoms with E-state index < -0.39 is 61.6 Å². The van der Waals surface area contributed by atoms with E-state index >= 15 is 0 Å². The van der Waals surface area contributed by atoms with Gasteiger partial charge < -0.3 is 41.3 Å². The Morgan fingerprint density at radius 1 is 1.19 bits per heavy atom. The molecule has 0 radical (unpaired) electrons. The second-order valence-electron chi connectivity index (χ2n) is 6.48. The highest BCUT2D eigenvalue weighted by Gasteiger charge is 2.44. The third-order valence-electron chi connectivity index (χ3n) is 4.35. The molecule has 18 heteroatoms. The average molecular weight is 474 g/mol. The Hall–Kier alpha value is -3.18. The van der Waals surface area contributed by atoms with Crippen LogP contribution in [0.5, 0.6) is 0 Å². The minimum Gasteiger partial charge on any atom is -0.394 e. The van der Waals surface area contributed by atoms with Gasteiger partial charge in [-0.05, 0) is 6.07 Å². The molecule has 4 atom stereocenters. The first-order valence-corrected chi connectivity index (χ1v) is 10.3. The number of hydrogen-bond donors (Lipinski definition) is 8. The first-order chi connectivity index (χ1) is 15.0. The van der Waals surface area contributed by atoms with Crippen molar-refractivity contribution in [2.75, 3.05) is 18.1 Å². The molecule has 0 aliphatic carbocycles. The average Bonchev–Trinajstić information content (AvgIpc) is 3.22. The van der Waals surface area contributed by atoms with E-state index in [0.717, 1.165) is 10.9 Å². The van der Waals surface area contributed by atoms with Gasteiger partial charge in [0.15, 0.2) is 17.4 Å². The zero-order chi connectivity index (χ0) is 23.8. The zero-order valence-electron chi connectivity index (χ0n) is 16.0. The topological polar surface area (TPSA) is 278 Å². The fourth-order valence-corrected chi connectivity index (χ4v) is 3.55. The summed E-state index contributed by atoms with van der Waals surface area (Å²) in [5.74, 6) is -0.417. The van der Waals surface area contributed by atoms with Gasteiger partial charge in [-0.3, -0.25) is 14.3 Å². The van der Waals surface area contributed by atoms with E-state index in [0.29, 0.717) is 5.82 Å². The largest absolute Gasteiger partial charge is 0.439 e. The highest BCUT2D eigenvalue weighted by atomic mass is 31.2. The quantitative estimate of drug-likeness (QED) is 0.168. The molecule has 0 spiro atoms. The lowest BCUT2D eigenvalue weighted by molar-refractivity contribution is -0.0511. The number of aromatic nitrogens is 6. The summed E-state index contributed by atoms with van der Waals surface area (Å²) in [6, 6.07) is 1.52. The highest BCUT2D eigenvalue weighted by Crippen LogP contribution is 2.37. The number of rotatable bonds is 3. The maximum absolute atomic E-state index is 12.2. The van der Waals surface area contributed by atoms with Crippen LogP contribution < -0.4 is 22.7 Å². The number of fused-ring (bicyclic) bond motifs is 1. The maximum atomic E-state index is 12.2. The first kappa shape index (κ1) is 23.5. The molecule has 1 saturated heterocycles. The van der Waals surface area contributed by atoms with Gasteiger partial charge in [0.25, 0.3) is 5.56 Å². The van der Waals surface area contributed by atoms with Crippen molar-refractivity contribution in [2.45, 2.75) is 24.5 Å². The molecule has 1 aliphatic rings. The van der Waals surface area contributed by atoms with E-state index in [9.17, 15) is 24.4 Å². The molecule has 0 unspecified atom stereocenters. The van der Waals surface area contributed by atoms with Gasteiger partial charge in [0, 0.05) is 6.20 Å². The lowest BCUT2D eigenvalue weighted by Crippen LogP contribution is -2.33. The van der Waals surface area contributed by atoms with Gasteiger partial charge in [-0.2, -0.15) is 9.32 Å². The van der Waals surface area contributed by atoms with Crippen LogP contribution in [0.4, 0.5) is 11.8 Å². The van der Waals surface area contributed by atoms with Gasteiger partial charge >= 0.3 is 13.4 Å². The molecule has 10 N–H and O–H groups in total. The van der Waals surface area contributed by atoms with Crippen molar-refractivity contribution in [3.05, 3.63) is 39.4 Å². The molecule has 0 saturated carbocycles. The number of nitrogens with zero attached hydrogens (tertiary/aromatic N) is 5. The smallest absolute Gasteiger partial charge is 0.394 e. The molecular weight excluding hydrogens is 455 g/mol. The van der Waals surface area contributed by atoms with Gasteiger partial charge in [-0.15, -0.1) is 0 Å². The second kappa shape index (κ2) is 8.75. The van der Waals surface area contributed by atoms with E-state index in [1.807, 2.05) is 0 Å². The molecule has 4 heterocycles. The number of imidazole rings is 1. The fourth-order valence-electron chi connectivity index (χ4n) is 2.91. The second-order valence-corrected chi connectivity index (χ2v) is 7.91. The summed E-state index contributed by atoms with van der Waals surface area (Å²) >= 11 is 0. The summed E-state index contributed by atoms with van der Waals surface area (Å²) in [5.41, 5.74) is 8.41. The number of aromatic amines is 1. The Labute approximate surface area is 176 Å². The molecule has 0 aromatic carbocycles. The number of nitrogen functional groups attached to an aromatic ring is 2. The van der Waals surface area contributed by atoms with Crippen molar-refractivity contribution in [1.82, 2.24) is 28.8 Å². The van der Waals surface area contributed by atoms with E-state index in [1.165, 1.54) is 12.3 Å². The zero-order valence-corrected chi connectivity index (χ0v) is 16.9. The SMILES string of the molecule is Nc1ccnc(=O)[nH]1.Nc1nc2c(ncn2[C@@H]2O[C@H](CO)[C@@H](O)[C@H]2O)c(=O)n1P(=O)(O)O. The van der Waals surface area contributed by atoms with Crippen LogP contribution in [-0.2, 0) is 9.30 Å². The van der Waals surface area contributed by atoms with Gasteiger partial charge in [0.1, 0.15) is 24.1 Å². The molecule has 0 bridgehead atoms. The van der Waals surface area contributed by atoms with E-state index in [-0.39, 0.29) is 9.98 Å². The number of hydrogen-bond acceptors (Lipinski definition) is 12. The molecule has 1 fully saturated rings. The van der Waals surface area contributed by atoms with Gasteiger partial charge in [-0.25, -0.2) is 19.3 Å². The minimum absolute atomic E-state index is 0.00395. The first-order valence-electron chi connectivity index (χ1n) is 8.70. The Kier molecular flexibility index (Phi) is 6.42. The number of ether oxygens (including phenoxy) is 1. The van der Waals surface area contributed by atoms with Gasteiger partial charge in [0.2, 0.25) is 5.95 Å². The van der Waals surface area contributed by atoms with Crippen molar-refractivity contribution in [2.24, 2.45) is 0 Å².